The first kappa shape index (κ1) is 21.4. The molecule has 0 unspecified atom stereocenters. The zero-order valence-corrected chi connectivity index (χ0v) is 18.7. The standard InChI is InChI=1S/C24H20F2N4O2S/c1-12-19(22(31)27-21(14-9-10-14)15-5-3-6-16(25)11-15)17-7-4-8-18(26)20(17)23(32)30(12)24-29-28-13(2)33-24/h3-8,11,14,21H,9-10H2,1-2H3,(H,27,31)/t21-/m0/s1. The molecule has 2 aromatic heterocycles. The van der Waals surface area contributed by atoms with E-state index in [0.29, 0.717) is 16.3 Å². The van der Waals surface area contributed by atoms with Gasteiger partial charge >= 0.3 is 0 Å². The monoisotopic (exact) mass is 466 g/mol. The second-order valence-electron chi connectivity index (χ2n) is 8.21. The summed E-state index contributed by atoms with van der Waals surface area (Å²) in [7, 11) is 0. The van der Waals surface area contributed by atoms with E-state index in [1.165, 1.54) is 40.2 Å². The summed E-state index contributed by atoms with van der Waals surface area (Å²) in [6.45, 7) is 3.38. The van der Waals surface area contributed by atoms with Gasteiger partial charge in [0.25, 0.3) is 11.5 Å². The van der Waals surface area contributed by atoms with Gasteiger partial charge in [0.15, 0.2) is 0 Å². The van der Waals surface area contributed by atoms with E-state index < -0.39 is 17.3 Å². The van der Waals surface area contributed by atoms with E-state index in [1.54, 1.807) is 32.0 Å². The number of amides is 1. The van der Waals surface area contributed by atoms with E-state index >= 15 is 0 Å². The molecule has 1 fully saturated rings. The quantitative estimate of drug-likeness (QED) is 0.466. The second-order valence-corrected chi connectivity index (χ2v) is 9.37. The predicted molar refractivity (Wildman–Crippen MR) is 122 cm³/mol. The Labute approximate surface area is 191 Å². The predicted octanol–water partition coefficient (Wildman–Crippen LogP) is 4.62. The largest absolute Gasteiger partial charge is 0.345 e. The first-order chi connectivity index (χ1) is 15.8. The van der Waals surface area contributed by atoms with Crippen LogP contribution in [0.3, 0.4) is 0 Å². The third-order valence-electron chi connectivity index (χ3n) is 5.92. The van der Waals surface area contributed by atoms with Gasteiger partial charge in [0, 0.05) is 11.1 Å². The minimum absolute atomic E-state index is 0.180. The van der Waals surface area contributed by atoms with E-state index in [0.717, 1.165) is 12.8 Å². The van der Waals surface area contributed by atoms with Gasteiger partial charge in [-0.3, -0.25) is 14.2 Å². The highest BCUT2D eigenvalue weighted by atomic mass is 32.1. The number of hydrogen-bond acceptors (Lipinski definition) is 5. The van der Waals surface area contributed by atoms with Gasteiger partial charge in [0.2, 0.25) is 5.13 Å². The maximum Gasteiger partial charge on any atom is 0.268 e. The number of carbonyl (C=O) groups excluding carboxylic acids is 1. The summed E-state index contributed by atoms with van der Waals surface area (Å²) in [6.07, 6.45) is 1.83. The molecule has 5 rings (SSSR count). The molecule has 33 heavy (non-hydrogen) atoms. The Bertz CT molecular complexity index is 1460. The number of rotatable bonds is 5. The van der Waals surface area contributed by atoms with Crippen molar-refractivity contribution in [2.24, 2.45) is 5.92 Å². The van der Waals surface area contributed by atoms with Crippen LogP contribution in [0.1, 0.15) is 45.5 Å². The number of aryl methyl sites for hydroxylation is 1. The SMILES string of the molecule is Cc1nnc(-n2c(C)c(C(=O)N[C@H](c3cccc(F)c3)C3CC3)c3cccc(F)c3c2=O)s1. The van der Waals surface area contributed by atoms with E-state index in [2.05, 4.69) is 15.5 Å². The molecule has 168 valence electrons. The molecule has 1 N–H and O–H groups in total. The summed E-state index contributed by atoms with van der Waals surface area (Å²) in [5.41, 5.74) is 0.587. The molecule has 4 aromatic rings. The van der Waals surface area contributed by atoms with E-state index in [-0.39, 0.29) is 39.2 Å². The van der Waals surface area contributed by atoms with Crippen molar-refractivity contribution in [2.45, 2.75) is 32.7 Å². The van der Waals surface area contributed by atoms with Crippen LogP contribution in [0.15, 0.2) is 47.3 Å². The van der Waals surface area contributed by atoms with E-state index in [9.17, 15) is 18.4 Å². The first-order valence-corrected chi connectivity index (χ1v) is 11.4. The Kier molecular flexibility index (Phi) is 5.28. The van der Waals surface area contributed by atoms with Gasteiger partial charge in [-0.2, -0.15) is 0 Å². The van der Waals surface area contributed by atoms with Crippen molar-refractivity contribution in [2.75, 3.05) is 0 Å². The highest BCUT2D eigenvalue weighted by Crippen LogP contribution is 2.41. The lowest BCUT2D eigenvalue weighted by Gasteiger charge is -2.21. The summed E-state index contributed by atoms with van der Waals surface area (Å²) >= 11 is 1.18. The van der Waals surface area contributed by atoms with Crippen LogP contribution in [-0.2, 0) is 0 Å². The molecular formula is C24H20F2N4O2S. The molecule has 1 aliphatic rings. The van der Waals surface area contributed by atoms with Gasteiger partial charge in [-0.25, -0.2) is 8.78 Å². The van der Waals surface area contributed by atoms with Crippen LogP contribution in [0.2, 0.25) is 0 Å². The fourth-order valence-corrected chi connectivity index (χ4v) is 4.97. The number of aromatic nitrogens is 3. The number of hydrogen-bond donors (Lipinski definition) is 1. The first-order valence-electron chi connectivity index (χ1n) is 10.6. The highest BCUT2D eigenvalue weighted by Gasteiger charge is 2.35. The third kappa shape index (κ3) is 3.82. The molecule has 1 aliphatic carbocycles. The molecular weight excluding hydrogens is 446 g/mol. The molecule has 2 heterocycles. The number of nitrogens with zero attached hydrogens (tertiary/aromatic N) is 3. The van der Waals surface area contributed by atoms with E-state index in [4.69, 9.17) is 0 Å². The van der Waals surface area contributed by atoms with Crippen molar-refractivity contribution in [3.05, 3.63) is 86.3 Å². The van der Waals surface area contributed by atoms with Crippen molar-refractivity contribution in [3.8, 4) is 5.13 Å². The Morgan fingerprint density at radius 2 is 1.91 bits per heavy atom. The van der Waals surface area contributed by atoms with Crippen LogP contribution in [-0.4, -0.2) is 20.7 Å². The fraction of sp³-hybridized carbons (Fsp3) is 0.250. The summed E-state index contributed by atoms with van der Waals surface area (Å²) in [4.78, 5) is 26.9. The molecule has 0 aliphatic heterocycles. The third-order valence-corrected chi connectivity index (χ3v) is 6.74. The van der Waals surface area contributed by atoms with Gasteiger partial charge in [0.05, 0.1) is 17.0 Å². The van der Waals surface area contributed by atoms with Crippen LogP contribution in [0, 0.1) is 31.4 Å². The molecule has 6 nitrogen and oxygen atoms in total. The molecule has 2 aromatic carbocycles. The normalized spacial score (nSPS) is 14.4. The lowest BCUT2D eigenvalue weighted by atomic mass is 9.99. The van der Waals surface area contributed by atoms with Crippen molar-refractivity contribution < 1.29 is 13.6 Å². The molecule has 0 saturated heterocycles. The topological polar surface area (TPSA) is 76.9 Å². The lowest BCUT2D eigenvalue weighted by molar-refractivity contribution is 0.0932. The molecule has 1 atom stereocenters. The number of halogens is 2. The summed E-state index contributed by atoms with van der Waals surface area (Å²) < 4.78 is 29.9. The molecule has 0 radical (unpaired) electrons. The Balaban J connectivity index is 1.68. The summed E-state index contributed by atoms with van der Waals surface area (Å²) in [5.74, 6) is -1.36. The zero-order chi connectivity index (χ0) is 23.3. The van der Waals surface area contributed by atoms with Crippen LogP contribution in [0.4, 0.5) is 8.78 Å². The second kappa shape index (κ2) is 8.15. The molecule has 1 saturated carbocycles. The van der Waals surface area contributed by atoms with Crippen molar-refractivity contribution >= 4 is 28.0 Å². The minimum Gasteiger partial charge on any atom is -0.345 e. The lowest BCUT2D eigenvalue weighted by Crippen LogP contribution is -2.33. The Hall–Kier alpha value is -3.46. The highest BCUT2D eigenvalue weighted by molar-refractivity contribution is 7.13. The Morgan fingerprint density at radius 1 is 1.15 bits per heavy atom. The number of carbonyl (C=O) groups is 1. The smallest absolute Gasteiger partial charge is 0.268 e. The average molecular weight is 467 g/mol. The van der Waals surface area contributed by atoms with Gasteiger partial charge in [0.1, 0.15) is 16.6 Å². The van der Waals surface area contributed by atoms with Crippen LogP contribution < -0.4 is 10.9 Å². The molecule has 1 amide bonds. The minimum atomic E-state index is -0.717. The molecule has 9 heteroatoms. The van der Waals surface area contributed by atoms with Gasteiger partial charge in [-0.15, -0.1) is 10.2 Å². The van der Waals surface area contributed by atoms with Crippen molar-refractivity contribution in [1.29, 1.82) is 0 Å². The van der Waals surface area contributed by atoms with Gasteiger partial charge < -0.3 is 5.32 Å². The molecule has 0 spiro atoms. The maximum atomic E-state index is 14.8. The van der Waals surface area contributed by atoms with Crippen molar-refractivity contribution in [3.63, 3.8) is 0 Å². The number of fused-ring (bicyclic) bond motifs is 1. The summed E-state index contributed by atoms with van der Waals surface area (Å²) in [5, 5.41) is 11.9. The van der Waals surface area contributed by atoms with Gasteiger partial charge in [-0.05, 0) is 56.4 Å². The van der Waals surface area contributed by atoms with Gasteiger partial charge in [-0.1, -0.05) is 35.6 Å². The van der Waals surface area contributed by atoms with Crippen LogP contribution in [0.5, 0.6) is 0 Å². The van der Waals surface area contributed by atoms with Crippen LogP contribution >= 0.6 is 11.3 Å². The summed E-state index contributed by atoms with van der Waals surface area (Å²) in [6, 6.07) is 10.00. The number of nitrogens with one attached hydrogen (secondary N) is 1. The van der Waals surface area contributed by atoms with Crippen molar-refractivity contribution in [1.82, 2.24) is 20.1 Å². The number of benzene rings is 2. The maximum absolute atomic E-state index is 14.8. The number of pyridine rings is 1. The zero-order valence-electron chi connectivity index (χ0n) is 17.9. The van der Waals surface area contributed by atoms with Crippen LogP contribution in [0.25, 0.3) is 15.9 Å². The average Bonchev–Trinajstić information content (AvgIpc) is 3.52. The Morgan fingerprint density at radius 3 is 2.58 bits per heavy atom. The molecule has 0 bridgehead atoms. The fourth-order valence-electron chi connectivity index (χ4n) is 4.23. The van der Waals surface area contributed by atoms with E-state index in [1.807, 2.05) is 0 Å².